The highest BCUT2D eigenvalue weighted by Gasteiger charge is 2.28. The van der Waals surface area contributed by atoms with Crippen LogP contribution in [0.5, 0.6) is 0 Å². The molecule has 2 N–H and O–H groups in total. The summed E-state index contributed by atoms with van der Waals surface area (Å²) in [6.45, 7) is 2.38. The highest BCUT2D eigenvalue weighted by atomic mass is 19.1. The summed E-state index contributed by atoms with van der Waals surface area (Å²) in [7, 11) is 0. The van der Waals surface area contributed by atoms with Gasteiger partial charge in [0.2, 0.25) is 0 Å². The van der Waals surface area contributed by atoms with Crippen LogP contribution >= 0.6 is 0 Å². The molecule has 8 heteroatoms. The molecule has 0 bridgehead atoms. The van der Waals surface area contributed by atoms with Crippen LogP contribution in [0.15, 0.2) is 41.3 Å². The lowest BCUT2D eigenvalue weighted by Crippen LogP contribution is -2.29. The first kappa shape index (κ1) is 21.0. The molecule has 0 atom stereocenters. The summed E-state index contributed by atoms with van der Waals surface area (Å²) >= 11 is 0. The summed E-state index contributed by atoms with van der Waals surface area (Å²) in [6, 6.07) is 8.17. The van der Waals surface area contributed by atoms with Crippen LogP contribution in [0.3, 0.4) is 0 Å². The zero-order valence-corrected chi connectivity index (χ0v) is 18.8. The predicted octanol–water partition coefficient (Wildman–Crippen LogP) is 3.84. The first-order valence-electron chi connectivity index (χ1n) is 11.7. The van der Waals surface area contributed by atoms with Crippen molar-refractivity contribution in [1.29, 1.82) is 0 Å². The van der Waals surface area contributed by atoms with E-state index in [4.69, 9.17) is 0 Å². The molecule has 2 aromatic heterocycles. The van der Waals surface area contributed by atoms with Crippen molar-refractivity contribution in [2.45, 2.75) is 51.0 Å². The van der Waals surface area contributed by atoms with Crippen molar-refractivity contribution in [2.75, 3.05) is 11.4 Å². The molecule has 3 heterocycles. The quantitative estimate of drug-likeness (QED) is 0.476. The molecular formula is C26H25FN4O3. The number of benzene rings is 2. The number of halogens is 1. The molecule has 34 heavy (non-hydrogen) atoms. The first-order chi connectivity index (χ1) is 16.4. The van der Waals surface area contributed by atoms with Gasteiger partial charge in [0, 0.05) is 23.7 Å². The summed E-state index contributed by atoms with van der Waals surface area (Å²) in [5.74, 6) is 0.518. The smallest absolute Gasteiger partial charge is 0.274 e. The van der Waals surface area contributed by atoms with E-state index in [0.717, 1.165) is 53.8 Å². The maximum atomic E-state index is 13.6. The number of H-pyrrole nitrogens is 1. The molecular weight excluding hydrogens is 435 g/mol. The number of carbonyl (C=O) groups excluding carboxylic acids is 1. The van der Waals surface area contributed by atoms with Gasteiger partial charge in [0.25, 0.3) is 11.5 Å². The van der Waals surface area contributed by atoms with Gasteiger partial charge in [-0.2, -0.15) is 0 Å². The molecule has 0 radical (unpaired) electrons. The van der Waals surface area contributed by atoms with E-state index in [9.17, 15) is 19.1 Å². The van der Waals surface area contributed by atoms with E-state index in [1.807, 2.05) is 17.4 Å². The lowest BCUT2D eigenvalue weighted by atomic mass is 9.87. The average molecular weight is 461 g/mol. The summed E-state index contributed by atoms with van der Waals surface area (Å²) < 4.78 is 15.5. The Balaban J connectivity index is 1.46. The van der Waals surface area contributed by atoms with Crippen molar-refractivity contribution in [1.82, 2.24) is 14.4 Å². The Morgan fingerprint density at radius 2 is 1.94 bits per heavy atom. The number of amides is 1. The highest BCUT2D eigenvalue weighted by molar-refractivity contribution is 6.09. The van der Waals surface area contributed by atoms with E-state index in [-0.39, 0.29) is 29.3 Å². The molecule has 1 aliphatic heterocycles. The number of hydrogen-bond acceptors (Lipinski definition) is 4. The molecule has 2 aromatic carbocycles. The van der Waals surface area contributed by atoms with Gasteiger partial charge in [0.15, 0.2) is 0 Å². The Bertz CT molecular complexity index is 1510. The van der Waals surface area contributed by atoms with Gasteiger partial charge in [-0.1, -0.05) is 0 Å². The van der Waals surface area contributed by atoms with Gasteiger partial charge >= 0.3 is 0 Å². The highest BCUT2D eigenvalue weighted by Crippen LogP contribution is 2.34. The molecule has 2 aliphatic rings. The van der Waals surface area contributed by atoms with Crippen LogP contribution in [-0.2, 0) is 6.42 Å². The number of rotatable bonds is 2. The second-order valence-electron chi connectivity index (χ2n) is 9.46. The number of carbonyl (C=O) groups is 1. The standard InChI is InChI=1S/C26H25FN4O3/c1-14-10-22-20(12-19(14)26(34)30-9-8-16-11-17(27)4-7-21(16)30)29-25(33)23-13-28-24(31(22)23)15-2-5-18(32)6-3-15/h4,7,10-13,15,18,32H,2-3,5-6,8-9H2,1H3,(H,29,33)/t15-,18+. The fourth-order valence-electron chi connectivity index (χ4n) is 5.52. The normalized spacial score (nSPS) is 20.3. The number of aromatic amines is 1. The Labute approximate surface area is 194 Å². The third-order valence-corrected chi connectivity index (χ3v) is 7.33. The molecule has 4 aromatic rings. The van der Waals surface area contributed by atoms with Crippen LogP contribution in [-0.4, -0.2) is 38.0 Å². The molecule has 0 spiro atoms. The van der Waals surface area contributed by atoms with E-state index in [2.05, 4.69) is 9.97 Å². The zero-order chi connectivity index (χ0) is 23.6. The second kappa shape index (κ2) is 7.77. The average Bonchev–Trinajstić information content (AvgIpc) is 3.44. The maximum Gasteiger partial charge on any atom is 0.274 e. The van der Waals surface area contributed by atoms with Gasteiger partial charge in [-0.3, -0.25) is 14.0 Å². The molecule has 6 rings (SSSR count). The number of aliphatic hydroxyl groups excluding tert-OH is 1. The molecule has 174 valence electrons. The van der Waals surface area contributed by atoms with Crippen molar-refractivity contribution in [3.05, 3.63) is 75.2 Å². The number of nitrogens with zero attached hydrogens (tertiary/aromatic N) is 3. The monoisotopic (exact) mass is 460 g/mol. The van der Waals surface area contributed by atoms with Crippen LogP contribution in [0.2, 0.25) is 0 Å². The number of aliphatic hydroxyl groups is 1. The first-order valence-corrected chi connectivity index (χ1v) is 11.7. The second-order valence-corrected chi connectivity index (χ2v) is 9.46. The Morgan fingerprint density at radius 3 is 2.74 bits per heavy atom. The van der Waals surface area contributed by atoms with Crippen molar-refractivity contribution in [3.8, 4) is 0 Å². The predicted molar refractivity (Wildman–Crippen MR) is 127 cm³/mol. The maximum absolute atomic E-state index is 13.6. The van der Waals surface area contributed by atoms with Crippen molar-refractivity contribution < 1.29 is 14.3 Å². The fraction of sp³-hybridized carbons (Fsp3) is 0.346. The third-order valence-electron chi connectivity index (χ3n) is 7.33. The third kappa shape index (κ3) is 3.24. The molecule has 0 saturated heterocycles. The number of aryl methyl sites for hydroxylation is 1. The summed E-state index contributed by atoms with van der Waals surface area (Å²) in [6.07, 6.45) is 5.02. The number of hydrogen-bond donors (Lipinski definition) is 2. The minimum atomic E-state index is -0.305. The summed E-state index contributed by atoms with van der Waals surface area (Å²) in [5, 5.41) is 9.90. The summed E-state index contributed by atoms with van der Waals surface area (Å²) in [4.78, 5) is 35.6. The van der Waals surface area contributed by atoms with Crippen LogP contribution < -0.4 is 10.5 Å². The van der Waals surface area contributed by atoms with E-state index < -0.39 is 0 Å². The van der Waals surface area contributed by atoms with E-state index in [0.29, 0.717) is 29.6 Å². The van der Waals surface area contributed by atoms with Crippen LogP contribution in [0.25, 0.3) is 16.6 Å². The molecule has 1 amide bonds. The number of aromatic nitrogens is 3. The van der Waals surface area contributed by atoms with Gasteiger partial charge in [-0.05, 0) is 80.5 Å². The van der Waals surface area contributed by atoms with E-state index >= 15 is 0 Å². The van der Waals surface area contributed by atoms with Crippen molar-refractivity contribution in [3.63, 3.8) is 0 Å². The number of fused-ring (bicyclic) bond motifs is 4. The Kier molecular flexibility index (Phi) is 4.81. The van der Waals surface area contributed by atoms with Crippen molar-refractivity contribution >= 4 is 28.1 Å². The zero-order valence-electron chi connectivity index (χ0n) is 18.8. The largest absolute Gasteiger partial charge is 0.393 e. The number of imidazole rings is 1. The van der Waals surface area contributed by atoms with E-state index in [1.165, 1.54) is 12.1 Å². The number of anilines is 1. The fourth-order valence-corrected chi connectivity index (χ4v) is 5.52. The van der Waals surface area contributed by atoms with E-state index in [1.54, 1.807) is 23.2 Å². The Hall–Kier alpha value is -3.52. The lowest BCUT2D eigenvalue weighted by molar-refractivity contribution is 0.0989. The molecule has 1 saturated carbocycles. The minimum Gasteiger partial charge on any atom is -0.393 e. The Morgan fingerprint density at radius 1 is 1.15 bits per heavy atom. The van der Waals surface area contributed by atoms with Crippen LogP contribution in [0, 0.1) is 12.7 Å². The van der Waals surface area contributed by atoms with Gasteiger partial charge in [0.1, 0.15) is 17.2 Å². The molecule has 1 aliphatic carbocycles. The molecule has 7 nitrogen and oxygen atoms in total. The SMILES string of the molecule is Cc1cc2c(cc1C(=O)N1CCc3cc(F)ccc31)[nH]c(=O)c1cnc([C@H]3CC[C@@H](O)CC3)n12. The van der Waals surface area contributed by atoms with Crippen LogP contribution in [0.1, 0.15) is 58.9 Å². The topological polar surface area (TPSA) is 90.7 Å². The van der Waals surface area contributed by atoms with Gasteiger partial charge in [-0.15, -0.1) is 0 Å². The van der Waals surface area contributed by atoms with Gasteiger partial charge < -0.3 is 15.0 Å². The molecule has 1 fully saturated rings. The lowest BCUT2D eigenvalue weighted by Gasteiger charge is -2.25. The van der Waals surface area contributed by atoms with Crippen LogP contribution in [0.4, 0.5) is 10.1 Å². The number of nitrogens with one attached hydrogen (secondary N) is 1. The molecule has 0 unspecified atom stereocenters. The minimum absolute atomic E-state index is 0.166. The van der Waals surface area contributed by atoms with Gasteiger partial charge in [-0.25, -0.2) is 9.37 Å². The van der Waals surface area contributed by atoms with Crippen molar-refractivity contribution in [2.24, 2.45) is 0 Å². The van der Waals surface area contributed by atoms with Gasteiger partial charge in [0.05, 0.1) is 23.3 Å². The summed E-state index contributed by atoms with van der Waals surface area (Å²) in [5.41, 5.74) is 4.43.